The van der Waals surface area contributed by atoms with Crippen LogP contribution in [0, 0.1) is 0 Å². The summed E-state index contributed by atoms with van der Waals surface area (Å²) in [6, 6.07) is 8.07. The highest BCUT2D eigenvalue weighted by Crippen LogP contribution is 2.34. The summed E-state index contributed by atoms with van der Waals surface area (Å²) >= 11 is 0. The second kappa shape index (κ2) is 7.65. The highest BCUT2D eigenvalue weighted by molar-refractivity contribution is 5.37. The molecule has 0 spiro atoms. The Kier molecular flexibility index (Phi) is 6.50. The number of nitrogens with two attached hydrogens (primary N) is 1. The van der Waals surface area contributed by atoms with Crippen molar-refractivity contribution in [2.45, 2.75) is 52.6 Å². The molecule has 0 radical (unpaired) electrons. The minimum atomic E-state index is -0.102. The van der Waals surface area contributed by atoms with Gasteiger partial charge in [-0.2, -0.15) is 0 Å². The molecule has 0 aliphatic rings. The van der Waals surface area contributed by atoms with Crippen LogP contribution in [0.2, 0.25) is 0 Å². The standard InChI is InChI=1S/C17H30N2O/c1-6-13-20-15-12-10-9-11-14(15)16(18)17(4,5)19(7-2)8-3/h9-12,16H,6-8,13,18H2,1-5H3. The second-order valence-corrected chi connectivity index (χ2v) is 5.69. The molecular weight excluding hydrogens is 248 g/mol. The highest BCUT2D eigenvalue weighted by Gasteiger charge is 2.33. The summed E-state index contributed by atoms with van der Waals surface area (Å²) in [5.74, 6) is 0.919. The Morgan fingerprint density at radius 1 is 1.15 bits per heavy atom. The van der Waals surface area contributed by atoms with E-state index in [9.17, 15) is 0 Å². The van der Waals surface area contributed by atoms with Gasteiger partial charge in [0.05, 0.1) is 12.6 Å². The van der Waals surface area contributed by atoms with E-state index < -0.39 is 0 Å². The summed E-state index contributed by atoms with van der Waals surface area (Å²) in [5.41, 5.74) is 7.57. The first-order valence-corrected chi connectivity index (χ1v) is 7.71. The average Bonchev–Trinajstić information content (AvgIpc) is 2.45. The predicted molar refractivity (Wildman–Crippen MR) is 86.2 cm³/mol. The summed E-state index contributed by atoms with van der Waals surface area (Å²) in [7, 11) is 0. The molecule has 1 unspecified atom stereocenters. The first-order chi connectivity index (χ1) is 9.48. The second-order valence-electron chi connectivity index (χ2n) is 5.69. The van der Waals surface area contributed by atoms with Gasteiger partial charge in [0, 0.05) is 11.1 Å². The Morgan fingerprint density at radius 2 is 1.75 bits per heavy atom. The van der Waals surface area contributed by atoms with E-state index in [4.69, 9.17) is 10.5 Å². The molecule has 0 heterocycles. The fourth-order valence-corrected chi connectivity index (χ4v) is 2.70. The van der Waals surface area contributed by atoms with Gasteiger partial charge in [-0.3, -0.25) is 4.90 Å². The van der Waals surface area contributed by atoms with E-state index >= 15 is 0 Å². The molecule has 3 nitrogen and oxygen atoms in total. The highest BCUT2D eigenvalue weighted by atomic mass is 16.5. The number of hydrogen-bond donors (Lipinski definition) is 1. The van der Waals surface area contributed by atoms with Crippen LogP contribution in [-0.4, -0.2) is 30.1 Å². The number of hydrogen-bond acceptors (Lipinski definition) is 3. The molecule has 1 aromatic carbocycles. The van der Waals surface area contributed by atoms with E-state index in [1.807, 2.05) is 18.2 Å². The van der Waals surface area contributed by atoms with Crippen molar-refractivity contribution in [2.75, 3.05) is 19.7 Å². The number of likely N-dealkylation sites (N-methyl/N-ethyl adjacent to an activating group) is 1. The topological polar surface area (TPSA) is 38.5 Å². The number of para-hydroxylation sites is 1. The van der Waals surface area contributed by atoms with Gasteiger partial charge in [0.15, 0.2) is 0 Å². The number of ether oxygens (including phenoxy) is 1. The molecule has 0 aliphatic carbocycles. The monoisotopic (exact) mass is 278 g/mol. The predicted octanol–water partition coefficient (Wildman–Crippen LogP) is 3.60. The van der Waals surface area contributed by atoms with Gasteiger partial charge in [-0.1, -0.05) is 39.0 Å². The summed E-state index contributed by atoms with van der Waals surface area (Å²) in [5, 5.41) is 0. The van der Waals surface area contributed by atoms with Crippen molar-refractivity contribution in [3.63, 3.8) is 0 Å². The van der Waals surface area contributed by atoms with Gasteiger partial charge in [0.1, 0.15) is 5.75 Å². The molecule has 0 bridgehead atoms. The minimum Gasteiger partial charge on any atom is -0.493 e. The Balaban J connectivity index is 3.04. The third kappa shape index (κ3) is 3.74. The minimum absolute atomic E-state index is 0.0737. The van der Waals surface area contributed by atoms with Crippen LogP contribution in [-0.2, 0) is 0 Å². The lowest BCUT2D eigenvalue weighted by Crippen LogP contribution is -2.51. The zero-order chi connectivity index (χ0) is 15.2. The van der Waals surface area contributed by atoms with Gasteiger partial charge in [0.2, 0.25) is 0 Å². The Morgan fingerprint density at radius 3 is 2.30 bits per heavy atom. The largest absolute Gasteiger partial charge is 0.493 e. The van der Waals surface area contributed by atoms with Crippen LogP contribution in [0.1, 0.15) is 52.6 Å². The normalized spacial score (nSPS) is 13.6. The molecule has 0 amide bonds. The molecule has 1 rings (SSSR count). The van der Waals surface area contributed by atoms with Crippen LogP contribution in [0.4, 0.5) is 0 Å². The van der Waals surface area contributed by atoms with E-state index in [-0.39, 0.29) is 11.6 Å². The molecular formula is C17H30N2O. The number of benzene rings is 1. The lowest BCUT2D eigenvalue weighted by Gasteiger charge is -2.42. The molecule has 1 aromatic rings. The van der Waals surface area contributed by atoms with E-state index in [1.54, 1.807) is 0 Å². The molecule has 114 valence electrons. The molecule has 0 saturated carbocycles. The number of rotatable bonds is 8. The van der Waals surface area contributed by atoms with E-state index in [0.29, 0.717) is 0 Å². The molecule has 0 aliphatic heterocycles. The van der Waals surface area contributed by atoms with Crippen molar-refractivity contribution in [2.24, 2.45) is 5.73 Å². The van der Waals surface area contributed by atoms with Crippen LogP contribution in [0.5, 0.6) is 5.75 Å². The van der Waals surface area contributed by atoms with Crippen LogP contribution in [0.15, 0.2) is 24.3 Å². The third-order valence-corrected chi connectivity index (χ3v) is 4.06. The van der Waals surface area contributed by atoms with Crippen molar-refractivity contribution in [1.29, 1.82) is 0 Å². The molecule has 0 aromatic heterocycles. The molecule has 0 saturated heterocycles. The first-order valence-electron chi connectivity index (χ1n) is 7.71. The number of nitrogens with zero attached hydrogens (tertiary/aromatic N) is 1. The molecule has 2 N–H and O–H groups in total. The van der Waals surface area contributed by atoms with Crippen molar-refractivity contribution >= 4 is 0 Å². The Bertz CT molecular complexity index is 400. The maximum Gasteiger partial charge on any atom is 0.124 e. The van der Waals surface area contributed by atoms with Crippen LogP contribution in [0.25, 0.3) is 0 Å². The lowest BCUT2D eigenvalue weighted by molar-refractivity contribution is 0.105. The van der Waals surface area contributed by atoms with Gasteiger partial charge in [-0.05, 0) is 39.4 Å². The van der Waals surface area contributed by atoms with Gasteiger partial charge >= 0.3 is 0 Å². The molecule has 0 fully saturated rings. The molecule has 3 heteroatoms. The zero-order valence-electron chi connectivity index (χ0n) is 13.6. The lowest BCUT2D eigenvalue weighted by atomic mass is 9.87. The third-order valence-electron chi connectivity index (χ3n) is 4.06. The van der Waals surface area contributed by atoms with Crippen LogP contribution >= 0.6 is 0 Å². The SMILES string of the molecule is CCCOc1ccccc1C(N)C(C)(C)N(CC)CC. The fraction of sp³-hybridized carbons (Fsp3) is 0.647. The van der Waals surface area contributed by atoms with Crippen molar-refractivity contribution in [3.05, 3.63) is 29.8 Å². The van der Waals surface area contributed by atoms with Crippen molar-refractivity contribution in [3.8, 4) is 5.75 Å². The zero-order valence-corrected chi connectivity index (χ0v) is 13.6. The van der Waals surface area contributed by atoms with Crippen molar-refractivity contribution in [1.82, 2.24) is 4.90 Å². The quantitative estimate of drug-likeness (QED) is 0.789. The summed E-state index contributed by atoms with van der Waals surface area (Å²) in [6.07, 6.45) is 1.00. The van der Waals surface area contributed by atoms with Crippen LogP contribution in [0.3, 0.4) is 0 Å². The summed E-state index contributed by atoms with van der Waals surface area (Å²) in [6.45, 7) is 13.6. The fourth-order valence-electron chi connectivity index (χ4n) is 2.70. The van der Waals surface area contributed by atoms with Gasteiger partial charge in [-0.15, -0.1) is 0 Å². The Labute approximate surface area is 124 Å². The van der Waals surface area contributed by atoms with E-state index in [0.717, 1.165) is 37.4 Å². The molecule has 20 heavy (non-hydrogen) atoms. The van der Waals surface area contributed by atoms with Gasteiger partial charge < -0.3 is 10.5 Å². The Hall–Kier alpha value is -1.06. The van der Waals surface area contributed by atoms with E-state index in [2.05, 4.69) is 45.6 Å². The van der Waals surface area contributed by atoms with Crippen LogP contribution < -0.4 is 10.5 Å². The maximum atomic E-state index is 6.58. The maximum absolute atomic E-state index is 6.58. The van der Waals surface area contributed by atoms with Crippen molar-refractivity contribution < 1.29 is 4.74 Å². The van der Waals surface area contributed by atoms with Gasteiger partial charge in [0.25, 0.3) is 0 Å². The summed E-state index contributed by atoms with van der Waals surface area (Å²) < 4.78 is 5.85. The first kappa shape index (κ1) is 17.0. The smallest absolute Gasteiger partial charge is 0.124 e. The average molecular weight is 278 g/mol. The molecule has 1 atom stereocenters. The summed E-state index contributed by atoms with van der Waals surface area (Å²) in [4.78, 5) is 2.40. The van der Waals surface area contributed by atoms with E-state index in [1.165, 1.54) is 0 Å². The van der Waals surface area contributed by atoms with Gasteiger partial charge in [-0.25, -0.2) is 0 Å².